The van der Waals surface area contributed by atoms with E-state index in [1.807, 2.05) is 90.9 Å². The SMILES string of the molecule is CC(C)[C@H](NC(=O)OCc1ccccc1)[C@@H]1C(=O)N(Cc2ccccc2)[C@H]1c1cccs1. The van der Waals surface area contributed by atoms with Crippen LogP contribution in [0.2, 0.25) is 0 Å². The van der Waals surface area contributed by atoms with Crippen LogP contribution in [0, 0.1) is 11.8 Å². The molecule has 1 aliphatic heterocycles. The number of thiophene rings is 1. The monoisotopic (exact) mass is 448 g/mol. The van der Waals surface area contributed by atoms with Gasteiger partial charge in [-0.15, -0.1) is 11.3 Å². The van der Waals surface area contributed by atoms with Gasteiger partial charge in [0.25, 0.3) is 0 Å². The average Bonchev–Trinajstić information content (AvgIpc) is 3.33. The Balaban J connectivity index is 1.49. The van der Waals surface area contributed by atoms with Gasteiger partial charge in [0.05, 0.1) is 12.0 Å². The maximum absolute atomic E-state index is 13.3. The van der Waals surface area contributed by atoms with Crippen LogP contribution in [0.5, 0.6) is 0 Å². The van der Waals surface area contributed by atoms with Crippen molar-refractivity contribution in [2.24, 2.45) is 11.8 Å². The lowest BCUT2D eigenvalue weighted by Crippen LogP contribution is -2.63. The van der Waals surface area contributed by atoms with Crippen LogP contribution in [0.3, 0.4) is 0 Å². The highest BCUT2D eigenvalue weighted by atomic mass is 32.1. The van der Waals surface area contributed by atoms with E-state index in [0.717, 1.165) is 16.0 Å². The number of benzene rings is 2. The lowest BCUT2D eigenvalue weighted by molar-refractivity contribution is -0.161. The van der Waals surface area contributed by atoms with E-state index >= 15 is 0 Å². The number of rotatable bonds is 8. The van der Waals surface area contributed by atoms with Gasteiger partial charge in [-0.2, -0.15) is 0 Å². The summed E-state index contributed by atoms with van der Waals surface area (Å²) in [4.78, 5) is 29.0. The second-order valence-electron chi connectivity index (χ2n) is 8.41. The van der Waals surface area contributed by atoms with Crippen molar-refractivity contribution in [1.29, 1.82) is 0 Å². The number of likely N-dealkylation sites (tertiary alicyclic amines) is 1. The van der Waals surface area contributed by atoms with Crippen molar-refractivity contribution >= 4 is 23.3 Å². The molecule has 166 valence electrons. The van der Waals surface area contributed by atoms with E-state index < -0.39 is 6.09 Å². The summed E-state index contributed by atoms with van der Waals surface area (Å²) < 4.78 is 5.44. The molecule has 1 N–H and O–H groups in total. The van der Waals surface area contributed by atoms with Gasteiger partial charge in [0.15, 0.2) is 0 Å². The van der Waals surface area contributed by atoms with Gasteiger partial charge < -0.3 is 15.0 Å². The Kier molecular flexibility index (Phi) is 6.90. The molecule has 2 heterocycles. The van der Waals surface area contributed by atoms with Crippen molar-refractivity contribution in [3.8, 4) is 0 Å². The number of amides is 2. The van der Waals surface area contributed by atoms with Crippen LogP contribution in [0.4, 0.5) is 4.79 Å². The molecule has 0 bridgehead atoms. The first-order valence-electron chi connectivity index (χ1n) is 10.9. The minimum Gasteiger partial charge on any atom is -0.445 e. The predicted octanol–water partition coefficient (Wildman–Crippen LogP) is 5.40. The summed E-state index contributed by atoms with van der Waals surface area (Å²) in [5, 5.41) is 5.02. The Morgan fingerprint density at radius 1 is 1.00 bits per heavy atom. The van der Waals surface area contributed by atoms with E-state index in [-0.39, 0.29) is 36.4 Å². The first kappa shape index (κ1) is 22.1. The van der Waals surface area contributed by atoms with Crippen molar-refractivity contribution in [3.05, 3.63) is 94.2 Å². The molecule has 0 radical (unpaired) electrons. The van der Waals surface area contributed by atoms with Gasteiger partial charge in [-0.25, -0.2) is 4.79 Å². The molecule has 0 aliphatic carbocycles. The van der Waals surface area contributed by atoms with Crippen molar-refractivity contribution in [3.63, 3.8) is 0 Å². The highest BCUT2D eigenvalue weighted by Gasteiger charge is 2.53. The molecule has 1 fully saturated rings. The summed E-state index contributed by atoms with van der Waals surface area (Å²) in [5.74, 6) is -0.175. The molecule has 1 saturated heterocycles. The van der Waals surface area contributed by atoms with Crippen molar-refractivity contribution < 1.29 is 14.3 Å². The van der Waals surface area contributed by atoms with E-state index in [1.165, 1.54) is 0 Å². The molecular formula is C26H28N2O3S. The molecule has 3 atom stereocenters. The molecule has 0 unspecified atom stereocenters. The Labute approximate surface area is 193 Å². The fourth-order valence-corrected chi connectivity index (χ4v) is 5.13. The van der Waals surface area contributed by atoms with Gasteiger partial charge in [-0.05, 0) is 28.5 Å². The normalized spacial score (nSPS) is 18.8. The Hall–Kier alpha value is -3.12. The zero-order valence-electron chi connectivity index (χ0n) is 18.3. The van der Waals surface area contributed by atoms with Crippen LogP contribution in [0.15, 0.2) is 78.2 Å². The van der Waals surface area contributed by atoms with Gasteiger partial charge in [-0.1, -0.05) is 80.6 Å². The Morgan fingerprint density at radius 3 is 2.25 bits per heavy atom. The maximum Gasteiger partial charge on any atom is 0.407 e. The van der Waals surface area contributed by atoms with E-state index in [0.29, 0.717) is 6.54 Å². The van der Waals surface area contributed by atoms with Gasteiger partial charge >= 0.3 is 6.09 Å². The molecule has 2 aromatic carbocycles. The highest BCUT2D eigenvalue weighted by molar-refractivity contribution is 7.10. The van der Waals surface area contributed by atoms with E-state index in [2.05, 4.69) is 11.4 Å². The number of ether oxygens (including phenoxy) is 1. The van der Waals surface area contributed by atoms with Crippen LogP contribution in [0.25, 0.3) is 0 Å². The molecule has 3 aromatic rings. The summed E-state index contributed by atoms with van der Waals surface area (Å²) in [7, 11) is 0. The molecule has 5 nitrogen and oxygen atoms in total. The number of carbonyl (C=O) groups is 2. The lowest BCUT2D eigenvalue weighted by Gasteiger charge is -2.50. The lowest BCUT2D eigenvalue weighted by atomic mass is 9.76. The molecule has 0 saturated carbocycles. The van der Waals surface area contributed by atoms with Crippen LogP contribution in [0.1, 0.15) is 35.9 Å². The minimum absolute atomic E-state index is 0.0642. The summed E-state index contributed by atoms with van der Waals surface area (Å²) in [5.41, 5.74) is 2.02. The zero-order chi connectivity index (χ0) is 22.5. The molecule has 32 heavy (non-hydrogen) atoms. The van der Waals surface area contributed by atoms with Crippen LogP contribution < -0.4 is 5.32 Å². The number of β-lactam (4-membered cyclic amide) rings is 1. The average molecular weight is 449 g/mol. The fraction of sp³-hybridized carbons (Fsp3) is 0.308. The number of nitrogens with one attached hydrogen (secondary N) is 1. The summed E-state index contributed by atoms with van der Waals surface area (Å²) in [6.45, 7) is 4.81. The number of carbonyl (C=O) groups excluding carboxylic acids is 2. The van der Waals surface area contributed by atoms with E-state index in [1.54, 1.807) is 11.3 Å². The third-order valence-electron chi connectivity index (χ3n) is 5.88. The van der Waals surface area contributed by atoms with Crippen molar-refractivity contribution in [1.82, 2.24) is 10.2 Å². The van der Waals surface area contributed by atoms with E-state index in [9.17, 15) is 9.59 Å². The van der Waals surface area contributed by atoms with Crippen LogP contribution in [-0.2, 0) is 22.7 Å². The molecule has 0 spiro atoms. The van der Waals surface area contributed by atoms with Crippen molar-refractivity contribution in [2.75, 3.05) is 0 Å². The summed E-state index contributed by atoms with van der Waals surface area (Å²) >= 11 is 1.64. The topological polar surface area (TPSA) is 58.6 Å². The van der Waals surface area contributed by atoms with Gasteiger partial charge in [0, 0.05) is 17.5 Å². The first-order chi connectivity index (χ1) is 15.5. The molecule has 4 rings (SSSR count). The summed E-state index contributed by atoms with van der Waals surface area (Å²) in [6.07, 6.45) is -0.494. The fourth-order valence-electron chi connectivity index (χ4n) is 4.24. The standard InChI is InChI=1S/C26H28N2O3S/c1-18(2)23(27-26(30)31-17-20-12-7-4-8-13-20)22-24(21-14-9-15-32-21)28(25(22)29)16-19-10-5-3-6-11-19/h3-15,18,22-24H,16-17H2,1-2H3,(H,27,30)/t22-,23-,24-/m0/s1. The molecular weight excluding hydrogens is 420 g/mol. The minimum atomic E-state index is -0.494. The summed E-state index contributed by atoms with van der Waals surface area (Å²) in [6, 6.07) is 23.3. The van der Waals surface area contributed by atoms with Gasteiger partial charge in [0.1, 0.15) is 6.61 Å². The molecule has 6 heteroatoms. The van der Waals surface area contributed by atoms with Crippen LogP contribution >= 0.6 is 11.3 Å². The first-order valence-corrected chi connectivity index (χ1v) is 11.8. The number of hydrogen-bond donors (Lipinski definition) is 1. The number of nitrogens with zero attached hydrogens (tertiary/aromatic N) is 1. The number of hydrogen-bond acceptors (Lipinski definition) is 4. The third kappa shape index (κ3) is 4.86. The predicted molar refractivity (Wildman–Crippen MR) is 126 cm³/mol. The largest absolute Gasteiger partial charge is 0.445 e. The molecule has 2 amide bonds. The smallest absolute Gasteiger partial charge is 0.407 e. The second kappa shape index (κ2) is 10.0. The van der Waals surface area contributed by atoms with Crippen molar-refractivity contribution in [2.45, 2.75) is 39.1 Å². The highest BCUT2D eigenvalue weighted by Crippen LogP contribution is 2.46. The number of alkyl carbamates (subject to hydrolysis) is 1. The Morgan fingerprint density at radius 2 is 1.66 bits per heavy atom. The van der Waals surface area contributed by atoms with E-state index in [4.69, 9.17) is 4.74 Å². The van der Waals surface area contributed by atoms with Gasteiger partial charge in [-0.3, -0.25) is 4.79 Å². The van der Waals surface area contributed by atoms with Gasteiger partial charge in [0.2, 0.25) is 5.91 Å². The van der Waals surface area contributed by atoms with Crippen LogP contribution in [-0.4, -0.2) is 22.9 Å². The quantitative estimate of drug-likeness (QED) is 0.470. The third-order valence-corrected chi connectivity index (χ3v) is 6.82. The zero-order valence-corrected chi connectivity index (χ0v) is 19.1. The second-order valence-corrected chi connectivity index (χ2v) is 9.39. The molecule has 1 aromatic heterocycles. The molecule has 1 aliphatic rings. The Bertz CT molecular complexity index is 1020. The maximum atomic E-state index is 13.3.